The van der Waals surface area contributed by atoms with Gasteiger partial charge in [0.15, 0.2) is 11.5 Å². The van der Waals surface area contributed by atoms with Gasteiger partial charge in [-0.3, -0.25) is 10.1 Å². The van der Waals surface area contributed by atoms with Gasteiger partial charge in [-0.15, -0.1) is 0 Å². The normalized spacial score (nSPS) is 11.9. The molecule has 0 bridgehead atoms. The number of sulfonamides is 1. The zero-order valence-electron chi connectivity index (χ0n) is 25.1. The third-order valence-electron chi connectivity index (χ3n) is 7.69. The summed E-state index contributed by atoms with van der Waals surface area (Å²) in [5, 5.41) is 10.9. The average Bonchev–Trinajstić information content (AvgIpc) is 3.69. The van der Waals surface area contributed by atoms with Crippen LogP contribution < -0.4 is 10.0 Å². The van der Waals surface area contributed by atoms with Crippen molar-refractivity contribution in [1.29, 1.82) is 0 Å². The van der Waals surface area contributed by atoms with E-state index in [1.807, 2.05) is 36.4 Å². The van der Waals surface area contributed by atoms with Gasteiger partial charge in [-0.1, -0.05) is 30.3 Å². The standard InChI is InChI=1S/C34H28F2N8O2S/c1-47(45,46)40-18-21-11-23(14-25(35)13-21)27-9-10-39-33-31(27)41-34(42-33)32-29-28(43-44-32)8-7-26(30(29)36)24-12-22(17-38-19-24)16-37-15-20-5-3-2-4-6-20/h2-14,17,19,37,40H,15-16,18H2,1H3,(H,43,44)(H,39,41,42). The fourth-order valence-electron chi connectivity index (χ4n) is 5.52. The van der Waals surface area contributed by atoms with Crippen LogP contribution in [0.15, 0.2) is 91.4 Å². The molecule has 7 aromatic rings. The van der Waals surface area contributed by atoms with Crippen LogP contribution in [0.2, 0.25) is 0 Å². The number of imidazole rings is 1. The maximum atomic E-state index is 16.3. The van der Waals surface area contributed by atoms with E-state index >= 15 is 4.39 Å². The second kappa shape index (κ2) is 12.4. The van der Waals surface area contributed by atoms with Crippen molar-refractivity contribution in [3.63, 3.8) is 0 Å². The lowest BCUT2D eigenvalue weighted by Crippen LogP contribution is -2.21. The molecular formula is C34H28F2N8O2S. The highest BCUT2D eigenvalue weighted by Crippen LogP contribution is 2.35. The molecule has 0 amide bonds. The molecule has 4 heterocycles. The van der Waals surface area contributed by atoms with Crippen LogP contribution in [-0.4, -0.2) is 44.8 Å². The Kier molecular flexibility index (Phi) is 8.02. The monoisotopic (exact) mass is 650 g/mol. The third-order valence-corrected chi connectivity index (χ3v) is 8.36. The van der Waals surface area contributed by atoms with Crippen molar-refractivity contribution in [2.24, 2.45) is 0 Å². The average molecular weight is 651 g/mol. The highest BCUT2D eigenvalue weighted by molar-refractivity contribution is 7.88. The number of hydrogen-bond donors (Lipinski definition) is 4. The van der Waals surface area contributed by atoms with Crippen LogP contribution in [0.3, 0.4) is 0 Å². The second-order valence-corrected chi connectivity index (χ2v) is 13.0. The summed E-state index contributed by atoms with van der Waals surface area (Å²) in [4.78, 5) is 16.6. The number of fused-ring (bicyclic) bond motifs is 2. The van der Waals surface area contributed by atoms with Crippen molar-refractivity contribution in [3.8, 4) is 33.8 Å². The van der Waals surface area contributed by atoms with Gasteiger partial charge in [0, 0.05) is 54.9 Å². The van der Waals surface area contributed by atoms with Crippen LogP contribution in [0, 0.1) is 11.6 Å². The zero-order chi connectivity index (χ0) is 32.5. The van der Waals surface area contributed by atoms with E-state index in [9.17, 15) is 12.8 Å². The predicted molar refractivity (Wildman–Crippen MR) is 176 cm³/mol. The first-order chi connectivity index (χ1) is 22.7. The Bertz CT molecular complexity index is 2360. The molecule has 0 atom stereocenters. The number of rotatable bonds is 10. The topological polar surface area (TPSA) is 141 Å². The van der Waals surface area contributed by atoms with Gasteiger partial charge in [-0.05, 0) is 64.7 Å². The van der Waals surface area contributed by atoms with Gasteiger partial charge < -0.3 is 10.3 Å². The lowest BCUT2D eigenvalue weighted by Gasteiger charge is -2.09. The van der Waals surface area contributed by atoms with Crippen molar-refractivity contribution >= 4 is 32.1 Å². The Hall–Kier alpha value is -5.37. The number of aromatic nitrogens is 6. The van der Waals surface area contributed by atoms with E-state index in [1.54, 1.807) is 42.9 Å². The van der Waals surface area contributed by atoms with Crippen molar-refractivity contribution in [2.45, 2.75) is 19.6 Å². The Morgan fingerprint density at radius 1 is 0.830 bits per heavy atom. The number of pyridine rings is 2. The summed E-state index contributed by atoms with van der Waals surface area (Å²) < 4.78 is 56.5. The largest absolute Gasteiger partial charge is 0.321 e. The molecule has 236 valence electrons. The van der Waals surface area contributed by atoms with Gasteiger partial charge in [0.2, 0.25) is 10.0 Å². The third kappa shape index (κ3) is 6.49. The van der Waals surface area contributed by atoms with Crippen molar-refractivity contribution in [3.05, 3.63) is 120 Å². The number of H-pyrrole nitrogens is 2. The minimum absolute atomic E-state index is 0.0763. The molecule has 0 unspecified atom stereocenters. The molecule has 0 saturated carbocycles. The van der Waals surface area contributed by atoms with Gasteiger partial charge in [-0.25, -0.2) is 31.9 Å². The van der Waals surface area contributed by atoms with E-state index in [0.717, 1.165) is 17.4 Å². The fourth-order valence-corrected chi connectivity index (χ4v) is 5.95. The molecule has 13 heteroatoms. The van der Waals surface area contributed by atoms with E-state index in [2.05, 4.69) is 35.2 Å². The first kappa shape index (κ1) is 30.3. The van der Waals surface area contributed by atoms with Crippen LogP contribution in [0.4, 0.5) is 8.78 Å². The van der Waals surface area contributed by atoms with Crippen LogP contribution in [0.1, 0.15) is 16.7 Å². The number of aromatic amines is 2. The van der Waals surface area contributed by atoms with Gasteiger partial charge >= 0.3 is 0 Å². The molecule has 0 radical (unpaired) electrons. The summed E-state index contributed by atoms with van der Waals surface area (Å²) in [6, 6.07) is 21.4. The van der Waals surface area contributed by atoms with E-state index in [-0.39, 0.29) is 23.4 Å². The number of nitrogens with zero attached hydrogens (tertiary/aromatic N) is 4. The summed E-state index contributed by atoms with van der Waals surface area (Å²) in [6.45, 7) is 1.18. The minimum Gasteiger partial charge on any atom is -0.321 e. The molecule has 3 aromatic carbocycles. The van der Waals surface area contributed by atoms with Gasteiger partial charge in [-0.2, -0.15) is 5.10 Å². The molecule has 0 aliphatic rings. The Balaban J connectivity index is 1.22. The summed E-state index contributed by atoms with van der Waals surface area (Å²) in [5.41, 5.74) is 6.08. The highest BCUT2D eigenvalue weighted by Gasteiger charge is 2.21. The van der Waals surface area contributed by atoms with Crippen molar-refractivity contribution in [2.75, 3.05) is 6.26 Å². The van der Waals surface area contributed by atoms with E-state index in [0.29, 0.717) is 57.6 Å². The quantitative estimate of drug-likeness (QED) is 0.146. The molecule has 4 N–H and O–H groups in total. The van der Waals surface area contributed by atoms with Crippen LogP contribution in [0.25, 0.3) is 55.8 Å². The van der Waals surface area contributed by atoms with E-state index < -0.39 is 21.7 Å². The molecule has 0 aliphatic heterocycles. The maximum absolute atomic E-state index is 16.3. The smallest absolute Gasteiger partial charge is 0.209 e. The molecule has 0 aliphatic carbocycles. The number of benzene rings is 3. The number of nitrogens with one attached hydrogen (secondary N) is 4. The molecule has 0 fully saturated rings. The number of hydrogen-bond acceptors (Lipinski definition) is 7. The maximum Gasteiger partial charge on any atom is 0.209 e. The number of halogens is 2. The van der Waals surface area contributed by atoms with Crippen LogP contribution in [-0.2, 0) is 29.7 Å². The summed E-state index contributed by atoms with van der Waals surface area (Å²) in [7, 11) is -3.47. The first-order valence-corrected chi connectivity index (χ1v) is 16.6. The molecular weight excluding hydrogens is 622 g/mol. The van der Waals surface area contributed by atoms with Gasteiger partial charge in [0.25, 0.3) is 0 Å². The Morgan fingerprint density at radius 2 is 1.64 bits per heavy atom. The highest BCUT2D eigenvalue weighted by atomic mass is 32.2. The summed E-state index contributed by atoms with van der Waals surface area (Å²) in [5.74, 6) is -0.745. The summed E-state index contributed by atoms with van der Waals surface area (Å²) >= 11 is 0. The van der Waals surface area contributed by atoms with Crippen LogP contribution in [0.5, 0.6) is 0 Å². The predicted octanol–water partition coefficient (Wildman–Crippen LogP) is 5.85. The lowest BCUT2D eigenvalue weighted by molar-refractivity contribution is 0.586. The molecule has 47 heavy (non-hydrogen) atoms. The Morgan fingerprint density at radius 3 is 2.47 bits per heavy atom. The molecule has 0 spiro atoms. The zero-order valence-corrected chi connectivity index (χ0v) is 25.9. The van der Waals surface area contributed by atoms with E-state index in [1.165, 1.54) is 12.1 Å². The Labute approximate surface area is 268 Å². The second-order valence-electron chi connectivity index (χ2n) is 11.2. The van der Waals surface area contributed by atoms with Crippen LogP contribution >= 0.6 is 0 Å². The summed E-state index contributed by atoms with van der Waals surface area (Å²) in [6.07, 6.45) is 5.97. The first-order valence-electron chi connectivity index (χ1n) is 14.7. The molecule has 7 rings (SSSR count). The molecule has 0 saturated heterocycles. The SMILES string of the molecule is CS(=O)(=O)NCc1cc(F)cc(-c2ccnc3[nH]c(-c4n[nH]c5ccc(-c6cncc(CNCc7ccccc7)c6)c(F)c45)nc23)c1. The van der Waals surface area contributed by atoms with Gasteiger partial charge in [0.05, 0.1) is 17.2 Å². The van der Waals surface area contributed by atoms with Gasteiger partial charge in [0.1, 0.15) is 22.8 Å². The lowest BCUT2D eigenvalue weighted by atomic mass is 10.0. The van der Waals surface area contributed by atoms with E-state index in [4.69, 9.17) is 4.98 Å². The minimum atomic E-state index is -3.47. The fraction of sp³-hybridized carbons (Fsp3) is 0.118. The van der Waals surface area contributed by atoms with Crippen molar-refractivity contribution in [1.82, 2.24) is 40.2 Å². The molecule has 10 nitrogen and oxygen atoms in total. The van der Waals surface area contributed by atoms with Crippen molar-refractivity contribution < 1.29 is 17.2 Å². The molecule has 4 aromatic heterocycles.